The molecule has 0 spiro atoms. The standard InChI is InChI=1S/C14H18N2O3/c1-10-3-5-11(6-4-10)16-8-7-15-12(14(16)18)9-13(17)19-2/h3-6,12,15H,7-9H2,1-2H3. The van der Waals surface area contributed by atoms with Crippen molar-refractivity contribution in [1.82, 2.24) is 5.32 Å². The lowest BCUT2D eigenvalue weighted by Gasteiger charge is -2.32. The van der Waals surface area contributed by atoms with Gasteiger partial charge in [0.05, 0.1) is 19.6 Å². The van der Waals surface area contributed by atoms with Gasteiger partial charge in [-0.05, 0) is 19.1 Å². The highest BCUT2D eigenvalue weighted by molar-refractivity contribution is 5.99. The van der Waals surface area contributed by atoms with E-state index in [-0.39, 0.29) is 18.3 Å². The molecule has 19 heavy (non-hydrogen) atoms. The number of rotatable bonds is 3. The Hall–Kier alpha value is -1.88. The normalized spacial score (nSPS) is 19.4. The molecular weight excluding hydrogens is 244 g/mol. The molecule has 0 saturated carbocycles. The maximum absolute atomic E-state index is 12.3. The summed E-state index contributed by atoms with van der Waals surface area (Å²) in [5, 5.41) is 3.05. The molecule has 5 nitrogen and oxygen atoms in total. The summed E-state index contributed by atoms with van der Waals surface area (Å²) in [6.45, 7) is 3.28. The molecule has 1 atom stereocenters. The minimum absolute atomic E-state index is 0.0672. The van der Waals surface area contributed by atoms with Crippen molar-refractivity contribution < 1.29 is 14.3 Å². The van der Waals surface area contributed by atoms with Crippen LogP contribution in [0.15, 0.2) is 24.3 Å². The summed E-state index contributed by atoms with van der Waals surface area (Å²) in [7, 11) is 1.33. The highest BCUT2D eigenvalue weighted by Crippen LogP contribution is 2.18. The van der Waals surface area contributed by atoms with Crippen molar-refractivity contribution in [3.05, 3.63) is 29.8 Å². The number of esters is 1. The molecule has 1 N–H and O–H groups in total. The number of aryl methyl sites for hydroxylation is 1. The molecule has 1 heterocycles. The number of nitrogens with zero attached hydrogens (tertiary/aromatic N) is 1. The van der Waals surface area contributed by atoms with Crippen LogP contribution in [0.25, 0.3) is 0 Å². The molecule has 0 bridgehead atoms. The largest absolute Gasteiger partial charge is 0.469 e. The highest BCUT2D eigenvalue weighted by Gasteiger charge is 2.31. The van der Waals surface area contributed by atoms with Gasteiger partial charge in [0.1, 0.15) is 0 Å². The Morgan fingerprint density at radius 1 is 1.42 bits per heavy atom. The van der Waals surface area contributed by atoms with Crippen molar-refractivity contribution in [3.63, 3.8) is 0 Å². The average molecular weight is 262 g/mol. The molecule has 1 amide bonds. The lowest BCUT2D eigenvalue weighted by molar-refractivity contribution is -0.143. The van der Waals surface area contributed by atoms with E-state index in [1.54, 1.807) is 4.90 Å². The van der Waals surface area contributed by atoms with E-state index < -0.39 is 6.04 Å². The average Bonchev–Trinajstić information content (AvgIpc) is 2.42. The number of ether oxygens (including phenoxy) is 1. The third-order valence-electron chi connectivity index (χ3n) is 3.23. The summed E-state index contributed by atoms with van der Waals surface area (Å²) in [5.74, 6) is -0.461. The molecule has 102 valence electrons. The molecule has 0 aliphatic carbocycles. The molecule has 1 aliphatic rings. The molecule has 1 saturated heterocycles. The summed E-state index contributed by atoms with van der Waals surface area (Å²) < 4.78 is 4.61. The fraction of sp³-hybridized carbons (Fsp3) is 0.429. The van der Waals surface area contributed by atoms with Crippen LogP contribution in [0.1, 0.15) is 12.0 Å². The second kappa shape index (κ2) is 5.84. The first-order valence-corrected chi connectivity index (χ1v) is 6.30. The number of amides is 1. The van der Waals surface area contributed by atoms with E-state index in [1.165, 1.54) is 7.11 Å². The van der Waals surface area contributed by atoms with E-state index >= 15 is 0 Å². The second-order valence-electron chi connectivity index (χ2n) is 4.61. The van der Waals surface area contributed by atoms with E-state index in [0.717, 1.165) is 11.3 Å². The van der Waals surface area contributed by atoms with Crippen LogP contribution in [-0.4, -0.2) is 38.1 Å². The first-order valence-electron chi connectivity index (χ1n) is 6.30. The van der Waals surface area contributed by atoms with Gasteiger partial charge in [0.2, 0.25) is 5.91 Å². The predicted octanol–water partition coefficient (Wildman–Crippen LogP) is 0.863. The Morgan fingerprint density at radius 3 is 2.74 bits per heavy atom. The first-order chi connectivity index (χ1) is 9.11. The van der Waals surface area contributed by atoms with Crippen LogP contribution in [0.4, 0.5) is 5.69 Å². The number of hydrogen-bond donors (Lipinski definition) is 1. The highest BCUT2D eigenvalue weighted by atomic mass is 16.5. The topological polar surface area (TPSA) is 58.6 Å². The zero-order valence-electron chi connectivity index (χ0n) is 11.2. The van der Waals surface area contributed by atoms with E-state index in [2.05, 4.69) is 10.1 Å². The molecule has 1 aliphatic heterocycles. The number of hydrogen-bond acceptors (Lipinski definition) is 4. The Morgan fingerprint density at radius 2 is 2.11 bits per heavy atom. The zero-order chi connectivity index (χ0) is 13.8. The van der Waals surface area contributed by atoms with Gasteiger partial charge in [-0.25, -0.2) is 0 Å². The minimum atomic E-state index is -0.498. The van der Waals surface area contributed by atoms with Crippen LogP contribution >= 0.6 is 0 Å². The van der Waals surface area contributed by atoms with Gasteiger partial charge in [-0.2, -0.15) is 0 Å². The summed E-state index contributed by atoms with van der Waals surface area (Å²) in [5.41, 5.74) is 2.02. The number of piperazine rings is 1. The van der Waals surface area contributed by atoms with E-state index in [0.29, 0.717) is 13.1 Å². The van der Waals surface area contributed by atoms with Gasteiger partial charge in [0, 0.05) is 18.8 Å². The number of nitrogens with one attached hydrogen (secondary N) is 1. The predicted molar refractivity (Wildman–Crippen MR) is 72.0 cm³/mol. The second-order valence-corrected chi connectivity index (χ2v) is 4.61. The van der Waals surface area contributed by atoms with Gasteiger partial charge in [-0.1, -0.05) is 17.7 Å². The van der Waals surface area contributed by atoms with Crippen LogP contribution in [0.2, 0.25) is 0 Å². The van der Waals surface area contributed by atoms with Crippen LogP contribution in [0.5, 0.6) is 0 Å². The molecule has 0 aromatic heterocycles. The van der Waals surface area contributed by atoms with Gasteiger partial charge in [-0.15, -0.1) is 0 Å². The Kier molecular flexibility index (Phi) is 4.16. The Bertz CT molecular complexity index is 470. The number of anilines is 1. The van der Waals surface area contributed by atoms with Crippen molar-refractivity contribution in [1.29, 1.82) is 0 Å². The third-order valence-corrected chi connectivity index (χ3v) is 3.23. The molecule has 5 heteroatoms. The zero-order valence-corrected chi connectivity index (χ0v) is 11.2. The number of methoxy groups -OCH3 is 1. The van der Waals surface area contributed by atoms with Crippen molar-refractivity contribution in [2.75, 3.05) is 25.1 Å². The van der Waals surface area contributed by atoms with Crippen LogP contribution in [0, 0.1) is 6.92 Å². The van der Waals surface area contributed by atoms with Crippen molar-refractivity contribution >= 4 is 17.6 Å². The van der Waals surface area contributed by atoms with Crippen LogP contribution in [0.3, 0.4) is 0 Å². The number of carbonyl (C=O) groups excluding carboxylic acids is 2. The fourth-order valence-corrected chi connectivity index (χ4v) is 2.13. The summed E-state index contributed by atoms with van der Waals surface area (Å²) in [6, 6.07) is 7.30. The van der Waals surface area contributed by atoms with E-state index in [1.807, 2.05) is 31.2 Å². The third kappa shape index (κ3) is 3.12. The SMILES string of the molecule is COC(=O)CC1NCCN(c2ccc(C)cc2)C1=O. The van der Waals surface area contributed by atoms with Crippen molar-refractivity contribution in [2.45, 2.75) is 19.4 Å². The van der Waals surface area contributed by atoms with Gasteiger partial charge >= 0.3 is 5.97 Å². The molecule has 1 fully saturated rings. The Labute approximate surface area is 112 Å². The maximum Gasteiger partial charge on any atom is 0.307 e. The van der Waals surface area contributed by atoms with Crippen molar-refractivity contribution in [3.8, 4) is 0 Å². The van der Waals surface area contributed by atoms with Gasteiger partial charge in [0.25, 0.3) is 0 Å². The van der Waals surface area contributed by atoms with Gasteiger partial charge in [0.15, 0.2) is 0 Å². The van der Waals surface area contributed by atoms with Gasteiger partial charge < -0.3 is 15.0 Å². The minimum Gasteiger partial charge on any atom is -0.469 e. The molecule has 1 unspecified atom stereocenters. The Balaban J connectivity index is 2.11. The molecule has 1 aromatic rings. The monoisotopic (exact) mass is 262 g/mol. The number of benzene rings is 1. The summed E-state index contributed by atoms with van der Waals surface area (Å²) >= 11 is 0. The van der Waals surface area contributed by atoms with Crippen LogP contribution < -0.4 is 10.2 Å². The number of carbonyl (C=O) groups is 2. The van der Waals surface area contributed by atoms with E-state index in [9.17, 15) is 9.59 Å². The smallest absolute Gasteiger partial charge is 0.307 e. The van der Waals surface area contributed by atoms with E-state index in [4.69, 9.17) is 0 Å². The lowest BCUT2D eigenvalue weighted by atomic mass is 10.1. The summed E-state index contributed by atoms with van der Waals surface area (Å²) in [4.78, 5) is 25.3. The lowest BCUT2D eigenvalue weighted by Crippen LogP contribution is -2.56. The van der Waals surface area contributed by atoms with Crippen molar-refractivity contribution in [2.24, 2.45) is 0 Å². The summed E-state index contributed by atoms with van der Waals surface area (Å²) in [6.07, 6.45) is 0.0672. The fourth-order valence-electron chi connectivity index (χ4n) is 2.13. The van der Waals surface area contributed by atoms with Gasteiger partial charge in [-0.3, -0.25) is 9.59 Å². The molecule has 1 aromatic carbocycles. The molecule has 0 radical (unpaired) electrons. The van der Waals surface area contributed by atoms with Crippen LogP contribution in [-0.2, 0) is 14.3 Å². The molecule has 2 rings (SSSR count). The molecular formula is C14H18N2O3. The maximum atomic E-state index is 12.3. The quantitative estimate of drug-likeness (QED) is 0.821. The first kappa shape index (κ1) is 13.5.